The standard InChI is InChI=1S/C14H14N6O2S/c1-9-19-20-13(22-9)7-16-12(21)6-10-8-23-14(17-10)18-11-4-2-3-5-15-11/h2-5,8H,6-7H2,1H3,(H,16,21)(H,15,17,18). The molecule has 1 amide bonds. The molecule has 118 valence electrons. The SMILES string of the molecule is Cc1nnc(CNC(=O)Cc2csc(Nc3ccccn3)n2)o1. The molecule has 3 aromatic heterocycles. The van der Waals surface area contributed by atoms with Crippen LogP contribution in [0.4, 0.5) is 10.9 Å². The zero-order valence-electron chi connectivity index (χ0n) is 12.3. The molecular formula is C14H14N6O2S. The second-order valence-electron chi connectivity index (χ2n) is 4.65. The van der Waals surface area contributed by atoms with Crippen molar-refractivity contribution in [3.05, 3.63) is 47.3 Å². The first-order valence-corrected chi connectivity index (χ1v) is 7.75. The molecule has 0 radical (unpaired) electrons. The first-order chi connectivity index (χ1) is 11.2. The molecule has 0 aliphatic carbocycles. The molecule has 0 aliphatic rings. The molecule has 3 rings (SSSR count). The highest BCUT2D eigenvalue weighted by Crippen LogP contribution is 2.19. The molecule has 8 nitrogen and oxygen atoms in total. The Morgan fingerprint density at radius 2 is 2.26 bits per heavy atom. The van der Waals surface area contributed by atoms with Gasteiger partial charge >= 0.3 is 0 Å². The Morgan fingerprint density at radius 3 is 3.00 bits per heavy atom. The lowest BCUT2D eigenvalue weighted by atomic mass is 10.3. The normalized spacial score (nSPS) is 10.5. The van der Waals surface area contributed by atoms with E-state index in [1.165, 1.54) is 11.3 Å². The molecule has 0 atom stereocenters. The Balaban J connectivity index is 1.51. The number of aryl methyl sites for hydroxylation is 1. The fraction of sp³-hybridized carbons (Fsp3) is 0.214. The molecule has 9 heteroatoms. The third kappa shape index (κ3) is 4.33. The highest BCUT2D eigenvalue weighted by atomic mass is 32.1. The summed E-state index contributed by atoms with van der Waals surface area (Å²) in [6, 6.07) is 5.57. The highest BCUT2D eigenvalue weighted by Gasteiger charge is 2.10. The van der Waals surface area contributed by atoms with Gasteiger partial charge in [0.2, 0.25) is 17.7 Å². The number of hydrogen-bond donors (Lipinski definition) is 2. The minimum absolute atomic E-state index is 0.157. The van der Waals surface area contributed by atoms with Crippen LogP contribution in [-0.2, 0) is 17.8 Å². The van der Waals surface area contributed by atoms with Crippen molar-refractivity contribution in [1.29, 1.82) is 0 Å². The molecular weight excluding hydrogens is 316 g/mol. The van der Waals surface area contributed by atoms with Crippen LogP contribution in [-0.4, -0.2) is 26.1 Å². The van der Waals surface area contributed by atoms with Gasteiger partial charge in [0.15, 0.2) is 5.13 Å². The van der Waals surface area contributed by atoms with Gasteiger partial charge in [0.05, 0.1) is 18.7 Å². The van der Waals surface area contributed by atoms with E-state index in [2.05, 4.69) is 30.8 Å². The number of hydrogen-bond acceptors (Lipinski definition) is 8. The fourth-order valence-corrected chi connectivity index (χ4v) is 2.52. The molecule has 0 aliphatic heterocycles. The zero-order chi connectivity index (χ0) is 16.1. The second-order valence-corrected chi connectivity index (χ2v) is 5.51. The Morgan fingerprint density at radius 1 is 1.35 bits per heavy atom. The van der Waals surface area contributed by atoms with Crippen molar-refractivity contribution in [3.8, 4) is 0 Å². The molecule has 0 aromatic carbocycles. The lowest BCUT2D eigenvalue weighted by molar-refractivity contribution is -0.120. The van der Waals surface area contributed by atoms with Crippen LogP contribution >= 0.6 is 11.3 Å². The minimum Gasteiger partial charge on any atom is -0.424 e. The maximum atomic E-state index is 11.9. The van der Waals surface area contributed by atoms with Crippen molar-refractivity contribution in [1.82, 2.24) is 25.5 Å². The lowest BCUT2D eigenvalue weighted by Crippen LogP contribution is -2.24. The monoisotopic (exact) mass is 330 g/mol. The first kappa shape index (κ1) is 15.1. The molecule has 3 heterocycles. The van der Waals surface area contributed by atoms with E-state index in [0.717, 1.165) is 0 Å². The summed E-state index contributed by atoms with van der Waals surface area (Å²) in [5.41, 5.74) is 0.688. The summed E-state index contributed by atoms with van der Waals surface area (Å²) in [5, 5.41) is 15.8. The predicted octanol–water partition coefficient (Wildman–Crippen LogP) is 1.83. The topological polar surface area (TPSA) is 106 Å². The summed E-state index contributed by atoms with van der Waals surface area (Å²) in [6.07, 6.45) is 1.89. The third-order valence-electron chi connectivity index (χ3n) is 2.80. The number of aromatic nitrogens is 4. The molecule has 0 unspecified atom stereocenters. The number of carbonyl (C=O) groups excluding carboxylic acids is 1. The van der Waals surface area contributed by atoms with E-state index in [4.69, 9.17) is 4.42 Å². The maximum Gasteiger partial charge on any atom is 0.235 e. The average Bonchev–Trinajstić information content (AvgIpc) is 3.15. The van der Waals surface area contributed by atoms with Crippen LogP contribution in [0.2, 0.25) is 0 Å². The van der Waals surface area contributed by atoms with Gasteiger partial charge in [0.25, 0.3) is 0 Å². The van der Waals surface area contributed by atoms with Crippen molar-refractivity contribution in [2.24, 2.45) is 0 Å². The molecule has 0 spiro atoms. The van der Waals surface area contributed by atoms with E-state index in [1.807, 2.05) is 23.6 Å². The van der Waals surface area contributed by atoms with Crippen LogP contribution < -0.4 is 10.6 Å². The van der Waals surface area contributed by atoms with E-state index in [-0.39, 0.29) is 18.9 Å². The first-order valence-electron chi connectivity index (χ1n) is 6.87. The molecule has 0 saturated heterocycles. The Labute approximate surface area is 136 Å². The van der Waals surface area contributed by atoms with Crippen molar-refractivity contribution in [2.45, 2.75) is 19.9 Å². The van der Waals surface area contributed by atoms with Crippen molar-refractivity contribution in [2.75, 3.05) is 5.32 Å². The molecule has 0 saturated carbocycles. The summed E-state index contributed by atoms with van der Waals surface area (Å²) < 4.78 is 5.19. The summed E-state index contributed by atoms with van der Waals surface area (Å²) in [7, 11) is 0. The number of carbonyl (C=O) groups is 1. The number of amides is 1. The average molecular weight is 330 g/mol. The number of thiazole rings is 1. The Hall–Kier alpha value is -2.81. The number of pyridine rings is 1. The summed E-state index contributed by atoms with van der Waals surface area (Å²) >= 11 is 1.42. The van der Waals surface area contributed by atoms with E-state index in [9.17, 15) is 4.79 Å². The molecule has 3 aromatic rings. The van der Waals surface area contributed by atoms with Crippen LogP contribution in [0.15, 0.2) is 34.2 Å². The van der Waals surface area contributed by atoms with Crippen molar-refractivity contribution >= 4 is 28.2 Å². The number of nitrogens with zero attached hydrogens (tertiary/aromatic N) is 4. The van der Waals surface area contributed by atoms with Crippen LogP contribution in [0.1, 0.15) is 17.5 Å². The van der Waals surface area contributed by atoms with Gasteiger partial charge in [-0.05, 0) is 12.1 Å². The molecule has 2 N–H and O–H groups in total. The van der Waals surface area contributed by atoms with Crippen molar-refractivity contribution in [3.63, 3.8) is 0 Å². The number of anilines is 2. The van der Waals surface area contributed by atoms with E-state index in [1.54, 1.807) is 13.1 Å². The Bertz CT molecular complexity index is 785. The molecule has 0 fully saturated rings. The van der Waals surface area contributed by atoms with Gasteiger partial charge in [-0.3, -0.25) is 4.79 Å². The molecule has 23 heavy (non-hydrogen) atoms. The second kappa shape index (κ2) is 6.97. The minimum atomic E-state index is -0.157. The van der Waals surface area contributed by atoms with Gasteiger partial charge in [-0.2, -0.15) is 0 Å². The van der Waals surface area contributed by atoms with Crippen LogP contribution in [0, 0.1) is 6.92 Å². The zero-order valence-corrected chi connectivity index (χ0v) is 13.1. The number of nitrogens with one attached hydrogen (secondary N) is 2. The van der Waals surface area contributed by atoms with Gasteiger partial charge < -0.3 is 15.1 Å². The van der Waals surface area contributed by atoms with Gasteiger partial charge in [-0.25, -0.2) is 9.97 Å². The smallest absolute Gasteiger partial charge is 0.235 e. The van der Waals surface area contributed by atoms with Gasteiger partial charge in [-0.1, -0.05) is 6.07 Å². The van der Waals surface area contributed by atoms with Crippen molar-refractivity contribution < 1.29 is 9.21 Å². The van der Waals surface area contributed by atoms with Gasteiger partial charge in [0.1, 0.15) is 5.82 Å². The summed E-state index contributed by atoms with van der Waals surface area (Å²) in [5.74, 6) is 1.41. The maximum absolute atomic E-state index is 11.9. The van der Waals surface area contributed by atoms with Gasteiger partial charge in [0, 0.05) is 18.5 Å². The highest BCUT2D eigenvalue weighted by molar-refractivity contribution is 7.13. The largest absolute Gasteiger partial charge is 0.424 e. The van der Waals surface area contributed by atoms with Crippen LogP contribution in [0.5, 0.6) is 0 Å². The third-order valence-corrected chi connectivity index (χ3v) is 3.60. The van der Waals surface area contributed by atoms with E-state index < -0.39 is 0 Å². The predicted molar refractivity (Wildman–Crippen MR) is 84.2 cm³/mol. The quantitative estimate of drug-likeness (QED) is 0.710. The fourth-order valence-electron chi connectivity index (χ4n) is 1.80. The van der Waals surface area contributed by atoms with Crippen LogP contribution in [0.25, 0.3) is 0 Å². The Kier molecular flexibility index (Phi) is 4.57. The number of rotatable bonds is 6. The summed E-state index contributed by atoms with van der Waals surface area (Å²) in [4.78, 5) is 20.4. The van der Waals surface area contributed by atoms with E-state index >= 15 is 0 Å². The summed E-state index contributed by atoms with van der Waals surface area (Å²) in [6.45, 7) is 1.91. The van der Waals surface area contributed by atoms with E-state index in [0.29, 0.717) is 28.4 Å². The van der Waals surface area contributed by atoms with Crippen LogP contribution in [0.3, 0.4) is 0 Å². The lowest BCUT2D eigenvalue weighted by Gasteiger charge is -2.01. The van der Waals surface area contributed by atoms with Gasteiger partial charge in [-0.15, -0.1) is 21.5 Å². The molecule has 0 bridgehead atoms.